The van der Waals surface area contributed by atoms with Gasteiger partial charge in [-0.3, -0.25) is 9.69 Å². The van der Waals surface area contributed by atoms with Gasteiger partial charge in [0.25, 0.3) is 0 Å². The molecule has 1 unspecified atom stereocenters. The zero-order valence-electron chi connectivity index (χ0n) is 13.1. The lowest BCUT2D eigenvalue weighted by Gasteiger charge is -2.19. The van der Waals surface area contributed by atoms with Crippen molar-refractivity contribution in [2.75, 3.05) is 18.4 Å². The fourth-order valence-electron chi connectivity index (χ4n) is 2.80. The summed E-state index contributed by atoms with van der Waals surface area (Å²) < 4.78 is 0. The molecule has 1 saturated heterocycles. The highest BCUT2D eigenvalue weighted by molar-refractivity contribution is 5.95. The first-order valence-electron chi connectivity index (χ1n) is 7.93. The van der Waals surface area contributed by atoms with E-state index in [2.05, 4.69) is 30.1 Å². The first-order valence-corrected chi connectivity index (χ1v) is 7.93. The fraction of sp³-hybridized carbons (Fsp3) is 0.588. The molecule has 116 valence electrons. The van der Waals surface area contributed by atoms with Crippen LogP contribution in [0.25, 0.3) is 0 Å². The van der Waals surface area contributed by atoms with E-state index < -0.39 is 6.04 Å². The number of nitrogens with zero attached hydrogens (tertiary/aromatic N) is 1. The molecular weight excluding hydrogens is 262 g/mol. The number of carbonyl (C=O) groups excluding carboxylic acids is 1. The van der Waals surface area contributed by atoms with Crippen LogP contribution in [0.3, 0.4) is 0 Å². The Morgan fingerprint density at radius 2 is 1.95 bits per heavy atom. The molecule has 2 rings (SSSR count). The Hall–Kier alpha value is -1.39. The number of hydrogen-bond acceptors (Lipinski definition) is 3. The Balaban J connectivity index is 2.00. The number of likely N-dealkylation sites (tertiary alicyclic amines) is 1. The van der Waals surface area contributed by atoms with Gasteiger partial charge in [0.15, 0.2) is 0 Å². The summed E-state index contributed by atoms with van der Waals surface area (Å²) in [6.45, 7) is 7.35. The molecule has 21 heavy (non-hydrogen) atoms. The molecule has 0 aromatic heterocycles. The largest absolute Gasteiger partial charge is 0.324 e. The van der Waals surface area contributed by atoms with Crippen LogP contribution in [-0.4, -0.2) is 29.9 Å². The topological polar surface area (TPSA) is 58.4 Å². The molecule has 1 heterocycles. The minimum absolute atomic E-state index is 0.0856. The molecule has 3 N–H and O–H groups in total. The molecular formula is C17H27N3O. The van der Waals surface area contributed by atoms with Crippen LogP contribution < -0.4 is 11.1 Å². The van der Waals surface area contributed by atoms with Gasteiger partial charge in [0.2, 0.25) is 5.91 Å². The van der Waals surface area contributed by atoms with Gasteiger partial charge in [0.1, 0.15) is 0 Å². The van der Waals surface area contributed by atoms with Gasteiger partial charge < -0.3 is 11.1 Å². The predicted octanol–water partition coefficient (Wildman–Crippen LogP) is 2.59. The van der Waals surface area contributed by atoms with Crippen LogP contribution in [0.5, 0.6) is 0 Å². The Morgan fingerprint density at radius 3 is 2.62 bits per heavy atom. The maximum absolute atomic E-state index is 12.2. The number of carbonyl (C=O) groups is 1. The van der Waals surface area contributed by atoms with Gasteiger partial charge in [-0.05, 0) is 49.9 Å². The molecule has 0 saturated carbocycles. The predicted molar refractivity (Wildman–Crippen MR) is 87.0 cm³/mol. The lowest BCUT2D eigenvalue weighted by atomic mass is 10.0. The number of amides is 1. The summed E-state index contributed by atoms with van der Waals surface area (Å²) >= 11 is 0. The van der Waals surface area contributed by atoms with E-state index in [0.717, 1.165) is 25.3 Å². The smallest absolute Gasteiger partial charge is 0.241 e. The Kier molecular flexibility index (Phi) is 5.76. The van der Waals surface area contributed by atoms with Crippen molar-refractivity contribution in [3.63, 3.8) is 0 Å². The maximum atomic E-state index is 12.2. The number of benzene rings is 1. The number of nitrogens with one attached hydrogen (secondary N) is 1. The fourth-order valence-corrected chi connectivity index (χ4v) is 2.80. The zero-order valence-corrected chi connectivity index (χ0v) is 13.1. The average molecular weight is 289 g/mol. The van der Waals surface area contributed by atoms with Crippen molar-refractivity contribution in [2.45, 2.75) is 45.7 Å². The first kappa shape index (κ1) is 16.0. The highest BCUT2D eigenvalue weighted by Gasteiger charge is 2.18. The summed E-state index contributed by atoms with van der Waals surface area (Å²) in [6, 6.07) is 7.59. The van der Waals surface area contributed by atoms with Crippen LogP contribution in [-0.2, 0) is 11.3 Å². The molecule has 1 atom stereocenters. The van der Waals surface area contributed by atoms with Crippen molar-refractivity contribution in [1.82, 2.24) is 4.90 Å². The number of anilines is 1. The molecule has 1 fully saturated rings. The second-order valence-corrected chi connectivity index (χ2v) is 6.37. The third kappa shape index (κ3) is 4.83. The molecule has 1 aromatic carbocycles. The van der Waals surface area contributed by atoms with E-state index in [1.54, 1.807) is 0 Å². The lowest BCUT2D eigenvalue weighted by Crippen LogP contribution is -2.37. The van der Waals surface area contributed by atoms with Crippen LogP contribution in [0.1, 0.15) is 38.7 Å². The Labute approximate surface area is 127 Å². The Bertz CT molecular complexity index is 467. The van der Waals surface area contributed by atoms with E-state index in [4.69, 9.17) is 5.73 Å². The second kappa shape index (κ2) is 7.57. The summed E-state index contributed by atoms with van der Waals surface area (Å²) in [4.78, 5) is 14.6. The molecule has 0 bridgehead atoms. The van der Waals surface area contributed by atoms with Crippen molar-refractivity contribution in [3.05, 3.63) is 29.8 Å². The number of para-hydroxylation sites is 1. The minimum Gasteiger partial charge on any atom is -0.324 e. The first-order chi connectivity index (χ1) is 10.1. The van der Waals surface area contributed by atoms with Gasteiger partial charge in [0.05, 0.1) is 6.04 Å². The van der Waals surface area contributed by atoms with Crippen molar-refractivity contribution in [1.29, 1.82) is 0 Å². The Morgan fingerprint density at radius 1 is 1.29 bits per heavy atom. The van der Waals surface area contributed by atoms with Crippen LogP contribution >= 0.6 is 0 Å². The summed E-state index contributed by atoms with van der Waals surface area (Å²) in [7, 11) is 0. The van der Waals surface area contributed by atoms with Crippen LogP contribution in [0.4, 0.5) is 5.69 Å². The molecule has 1 aromatic rings. The maximum Gasteiger partial charge on any atom is 0.241 e. The van der Waals surface area contributed by atoms with E-state index in [1.807, 2.05) is 18.2 Å². The van der Waals surface area contributed by atoms with Gasteiger partial charge in [-0.2, -0.15) is 0 Å². The third-order valence-electron chi connectivity index (χ3n) is 3.93. The molecule has 1 aliphatic rings. The summed E-state index contributed by atoms with van der Waals surface area (Å²) in [5.41, 5.74) is 8.02. The molecule has 1 amide bonds. The number of nitrogens with two attached hydrogens (primary N) is 1. The van der Waals surface area contributed by atoms with Crippen LogP contribution in [0, 0.1) is 5.92 Å². The summed E-state index contributed by atoms with van der Waals surface area (Å²) in [5.74, 6) is 0.336. The van der Waals surface area contributed by atoms with Gasteiger partial charge in [-0.15, -0.1) is 0 Å². The third-order valence-corrected chi connectivity index (χ3v) is 3.93. The van der Waals surface area contributed by atoms with E-state index in [1.165, 1.54) is 18.4 Å². The van der Waals surface area contributed by atoms with Crippen molar-refractivity contribution < 1.29 is 4.79 Å². The van der Waals surface area contributed by atoms with Gasteiger partial charge in [-0.1, -0.05) is 32.0 Å². The van der Waals surface area contributed by atoms with E-state index in [0.29, 0.717) is 12.3 Å². The monoisotopic (exact) mass is 289 g/mol. The molecule has 4 nitrogen and oxygen atoms in total. The summed E-state index contributed by atoms with van der Waals surface area (Å²) in [6.07, 6.45) is 3.25. The van der Waals surface area contributed by atoms with Crippen molar-refractivity contribution >= 4 is 11.6 Å². The quantitative estimate of drug-likeness (QED) is 0.846. The molecule has 0 aliphatic carbocycles. The standard InChI is InChI=1S/C17H27N3O/c1-13(2)11-15(18)17(21)19-16-8-4-3-7-14(16)12-20-9-5-6-10-20/h3-4,7-8,13,15H,5-6,9-12,18H2,1-2H3,(H,19,21). The molecule has 0 radical (unpaired) electrons. The van der Waals surface area contributed by atoms with E-state index >= 15 is 0 Å². The van der Waals surface area contributed by atoms with E-state index in [-0.39, 0.29) is 5.91 Å². The van der Waals surface area contributed by atoms with Gasteiger partial charge in [-0.25, -0.2) is 0 Å². The molecule has 4 heteroatoms. The average Bonchev–Trinajstić information content (AvgIpc) is 2.93. The highest BCUT2D eigenvalue weighted by Crippen LogP contribution is 2.20. The summed E-state index contributed by atoms with van der Waals surface area (Å²) in [5, 5.41) is 3.00. The number of rotatable bonds is 6. The SMILES string of the molecule is CC(C)CC(N)C(=O)Nc1ccccc1CN1CCCC1. The molecule has 1 aliphatic heterocycles. The van der Waals surface area contributed by atoms with Crippen molar-refractivity contribution in [2.24, 2.45) is 11.7 Å². The van der Waals surface area contributed by atoms with Crippen LogP contribution in [0.2, 0.25) is 0 Å². The lowest BCUT2D eigenvalue weighted by molar-refractivity contribution is -0.117. The van der Waals surface area contributed by atoms with Crippen LogP contribution in [0.15, 0.2) is 24.3 Å². The minimum atomic E-state index is -0.440. The second-order valence-electron chi connectivity index (χ2n) is 6.37. The zero-order chi connectivity index (χ0) is 15.2. The molecule has 0 spiro atoms. The van der Waals surface area contributed by atoms with Crippen molar-refractivity contribution in [3.8, 4) is 0 Å². The van der Waals surface area contributed by atoms with Gasteiger partial charge in [0, 0.05) is 12.2 Å². The number of hydrogen-bond donors (Lipinski definition) is 2. The highest BCUT2D eigenvalue weighted by atomic mass is 16.2. The normalized spacial score (nSPS) is 17.1. The van der Waals surface area contributed by atoms with E-state index in [9.17, 15) is 4.79 Å². The van der Waals surface area contributed by atoms with Gasteiger partial charge >= 0.3 is 0 Å².